The summed E-state index contributed by atoms with van der Waals surface area (Å²) >= 11 is 0. The molecule has 1 N–H and O–H groups in total. The number of benzene rings is 1. The van der Waals surface area contributed by atoms with Crippen molar-refractivity contribution in [1.82, 2.24) is 24.5 Å². The van der Waals surface area contributed by atoms with Gasteiger partial charge in [0.1, 0.15) is 5.82 Å². The average molecular weight is 365 g/mol. The Kier molecular flexibility index (Phi) is 4.53. The monoisotopic (exact) mass is 365 g/mol. The van der Waals surface area contributed by atoms with Gasteiger partial charge in [-0.3, -0.25) is 10.00 Å². The lowest BCUT2D eigenvalue weighted by atomic mass is 10.2. The fourth-order valence-electron chi connectivity index (χ4n) is 3.32. The molecule has 8 nitrogen and oxygen atoms in total. The van der Waals surface area contributed by atoms with Crippen molar-refractivity contribution in [3.63, 3.8) is 0 Å². The predicted octanol–water partition coefficient (Wildman–Crippen LogP) is 2.27. The number of urea groups is 1. The molecule has 0 atom stereocenters. The number of anilines is 2. The number of amides is 2. The van der Waals surface area contributed by atoms with Crippen molar-refractivity contribution in [2.24, 2.45) is 7.05 Å². The minimum absolute atomic E-state index is 0.101. The van der Waals surface area contributed by atoms with E-state index in [1.807, 2.05) is 61.6 Å². The standard InChI is InChI=1S/C19H23N7O/c1-15-5-3-4-6-17(15)26-18(7-8-20-26)22-19(27)25-11-9-24(10-12-25)16-13-21-23(2)14-16/h3-8,13-14H,9-12H2,1-2H3,(H,22,27). The highest BCUT2D eigenvalue weighted by atomic mass is 16.2. The molecular formula is C19H23N7O. The number of carbonyl (C=O) groups is 1. The highest BCUT2D eigenvalue weighted by Crippen LogP contribution is 2.19. The number of hydrogen-bond acceptors (Lipinski definition) is 4. The van der Waals surface area contributed by atoms with Gasteiger partial charge in [0.25, 0.3) is 0 Å². The molecule has 2 amide bonds. The normalized spacial score (nSPS) is 14.4. The van der Waals surface area contributed by atoms with Gasteiger partial charge in [-0.15, -0.1) is 0 Å². The van der Waals surface area contributed by atoms with E-state index < -0.39 is 0 Å². The summed E-state index contributed by atoms with van der Waals surface area (Å²) in [6.07, 6.45) is 5.55. The highest BCUT2D eigenvalue weighted by molar-refractivity contribution is 5.89. The number of nitrogens with zero attached hydrogens (tertiary/aromatic N) is 6. The van der Waals surface area contributed by atoms with Crippen LogP contribution in [0.3, 0.4) is 0 Å². The summed E-state index contributed by atoms with van der Waals surface area (Å²) in [5, 5.41) is 11.6. The van der Waals surface area contributed by atoms with E-state index >= 15 is 0 Å². The topological polar surface area (TPSA) is 71.2 Å². The Morgan fingerprint density at radius 3 is 2.56 bits per heavy atom. The molecule has 0 radical (unpaired) electrons. The van der Waals surface area contributed by atoms with Crippen molar-refractivity contribution < 1.29 is 4.79 Å². The summed E-state index contributed by atoms with van der Waals surface area (Å²) in [6.45, 7) is 4.94. The first-order valence-corrected chi connectivity index (χ1v) is 9.01. The molecule has 1 saturated heterocycles. The summed E-state index contributed by atoms with van der Waals surface area (Å²) in [5.41, 5.74) is 3.15. The first kappa shape index (κ1) is 17.1. The second-order valence-electron chi connectivity index (χ2n) is 6.69. The van der Waals surface area contributed by atoms with Crippen LogP contribution in [0.2, 0.25) is 0 Å². The van der Waals surface area contributed by atoms with Crippen molar-refractivity contribution >= 4 is 17.5 Å². The zero-order valence-electron chi connectivity index (χ0n) is 15.5. The summed E-state index contributed by atoms with van der Waals surface area (Å²) in [7, 11) is 1.91. The summed E-state index contributed by atoms with van der Waals surface area (Å²) in [6, 6.07) is 9.69. The van der Waals surface area contributed by atoms with Gasteiger partial charge in [-0.25, -0.2) is 9.48 Å². The lowest BCUT2D eigenvalue weighted by Crippen LogP contribution is -2.50. The molecule has 1 aromatic carbocycles. The van der Waals surface area contributed by atoms with E-state index in [0.717, 1.165) is 30.0 Å². The van der Waals surface area contributed by atoms with E-state index in [1.54, 1.807) is 15.6 Å². The molecule has 8 heteroatoms. The first-order chi connectivity index (χ1) is 13.1. The van der Waals surface area contributed by atoms with Gasteiger partial charge in [-0.1, -0.05) is 18.2 Å². The zero-order valence-corrected chi connectivity index (χ0v) is 15.5. The summed E-state index contributed by atoms with van der Waals surface area (Å²) in [5.74, 6) is 0.670. The van der Waals surface area contributed by atoms with Gasteiger partial charge in [-0.05, 0) is 18.6 Å². The molecule has 140 valence electrons. The Bertz CT molecular complexity index is 937. The molecule has 3 heterocycles. The predicted molar refractivity (Wildman–Crippen MR) is 104 cm³/mol. The zero-order chi connectivity index (χ0) is 18.8. The fraction of sp³-hybridized carbons (Fsp3) is 0.316. The molecule has 1 fully saturated rings. The Balaban J connectivity index is 1.41. The first-order valence-electron chi connectivity index (χ1n) is 9.01. The smallest absolute Gasteiger partial charge is 0.323 e. The van der Waals surface area contributed by atoms with Gasteiger partial charge < -0.3 is 9.80 Å². The van der Waals surface area contributed by atoms with Crippen molar-refractivity contribution in [2.75, 3.05) is 36.4 Å². The second-order valence-corrected chi connectivity index (χ2v) is 6.69. The van der Waals surface area contributed by atoms with Crippen LogP contribution in [0.5, 0.6) is 0 Å². The van der Waals surface area contributed by atoms with Crippen LogP contribution >= 0.6 is 0 Å². The van der Waals surface area contributed by atoms with Crippen molar-refractivity contribution in [3.05, 3.63) is 54.5 Å². The molecular weight excluding hydrogens is 342 g/mol. The van der Waals surface area contributed by atoms with E-state index in [1.165, 1.54) is 0 Å². The Morgan fingerprint density at radius 2 is 1.85 bits per heavy atom. The van der Waals surface area contributed by atoms with Crippen LogP contribution < -0.4 is 10.2 Å². The van der Waals surface area contributed by atoms with Crippen LogP contribution in [0.15, 0.2) is 48.9 Å². The third kappa shape index (κ3) is 3.51. The molecule has 0 aliphatic carbocycles. The molecule has 4 rings (SSSR count). The number of hydrogen-bond donors (Lipinski definition) is 1. The minimum Gasteiger partial charge on any atom is -0.365 e. The Hall–Kier alpha value is -3.29. The number of rotatable bonds is 3. The Morgan fingerprint density at radius 1 is 1.07 bits per heavy atom. The second kappa shape index (κ2) is 7.14. The average Bonchev–Trinajstić information content (AvgIpc) is 3.31. The van der Waals surface area contributed by atoms with E-state index in [9.17, 15) is 4.79 Å². The van der Waals surface area contributed by atoms with Crippen molar-refractivity contribution in [1.29, 1.82) is 0 Å². The maximum absolute atomic E-state index is 12.7. The molecule has 0 saturated carbocycles. The molecule has 27 heavy (non-hydrogen) atoms. The van der Waals surface area contributed by atoms with Crippen LogP contribution in [0.4, 0.5) is 16.3 Å². The van der Waals surface area contributed by atoms with Gasteiger partial charge in [0.15, 0.2) is 0 Å². The SMILES string of the molecule is Cc1ccccc1-n1nccc1NC(=O)N1CCN(c2cnn(C)c2)CC1. The van der Waals surface area contributed by atoms with E-state index in [4.69, 9.17) is 0 Å². The number of aromatic nitrogens is 4. The van der Waals surface area contributed by atoms with Gasteiger partial charge in [-0.2, -0.15) is 10.2 Å². The molecule has 1 aliphatic rings. The van der Waals surface area contributed by atoms with E-state index in [-0.39, 0.29) is 6.03 Å². The molecule has 2 aromatic heterocycles. The number of carbonyl (C=O) groups excluding carboxylic acids is 1. The van der Waals surface area contributed by atoms with Gasteiger partial charge in [0.2, 0.25) is 0 Å². The number of nitrogens with one attached hydrogen (secondary N) is 1. The maximum atomic E-state index is 12.7. The van der Waals surface area contributed by atoms with E-state index in [0.29, 0.717) is 18.9 Å². The quantitative estimate of drug-likeness (QED) is 0.773. The lowest BCUT2D eigenvalue weighted by molar-refractivity contribution is 0.208. The maximum Gasteiger partial charge on any atom is 0.323 e. The van der Waals surface area contributed by atoms with Gasteiger partial charge in [0, 0.05) is 45.5 Å². The lowest BCUT2D eigenvalue weighted by Gasteiger charge is -2.35. The van der Waals surface area contributed by atoms with Crippen molar-refractivity contribution in [3.8, 4) is 5.69 Å². The van der Waals surface area contributed by atoms with Crippen LogP contribution in [-0.4, -0.2) is 56.7 Å². The fourth-order valence-corrected chi connectivity index (χ4v) is 3.32. The third-order valence-corrected chi connectivity index (χ3v) is 4.84. The van der Waals surface area contributed by atoms with Gasteiger partial charge >= 0.3 is 6.03 Å². The Labute approximate surface area is 158 Å². The van der Waals surface area contributed by atoms with Crippen LogP contribution in [0, 0.1) is 6.92 Å². The molecule has 0 bridgehead atoms. The van der Waals surface area contributed by atoms with Crippen LogP contribution in [0.25, 0.3) is 5.69 Å². The van der Waals surface area contributed by atoms with Crippen molar-refractivity contribution in [2.45, 2.75) is 6.92 Å². The van der Waals surface area contributed by atoms with Crippen LogP contribution in [-0.2, 0) is 7.05 Å². The molecule has 0 spiro atoms. The highest BCUT2D eigenvalue weighted by Gasteiger charge is 2.23. The number of piperazine rings is 1. The van der Waals surface area contributed by atoms with Gasteiger partial charge in [0.05, 0.1) is 23.8 Å². The largest absolute Gasteiger partial charge is 0.365 e. The summed E-state index contributed by atoms with van der Waals surface area (Å²) in [4.78, 5) is 16.8. The number of para-hydroxylation sites is 1. The minimum atomic E-state index is -0.101. The number of aryl methyl sites for hydroxylation is 2. The van der Waals surface area contributed by atoms with E-state index in [2.05, 4.69) is 20.4 Å². The summed E-state index contributed by atoms with van der Waals surface area (Å²) < 4.78 is 3.56. The molecule has 3 aromatic rings. The molecule has 1 aliphatic heterocycles. The molecule has 0 unspecified atom stereocenters. The van der Waals surface area contributed by atoms with Crippen LogP contribution in [0.1, 0.15) is 5.56 Å². The third-order valence-electron chi connectivity index (χ3n) is 4.84.